The molecule has 0 unspecified atom stereocenters. The minimum Gasteiger partial charge on any atom is -1.00 e. The molecule has 2 aromatic heterocycles. The summed E-state index contributed by atoms with van der Waals surface area (Å²) in [5.74, 6) is 0. The van der Waals surface area contributed by atoms with E-state index in [2.05, 4.69) is 60.7 Å². The number of pyridine rings is 1. The van der Waals surface area contributed by atoms with E-state index in [1.54, 1.807) is 0 Å². The molecule has 0 amide bonds. The maximum Gasteiger partial charge on any atom is 0.202 e. The summed E-state index contributed by atoms with van der Waals surface area (Å²) >= 11 is 0. The predicted molar refractivity (Wildman–Crippen MR) is 71.1 cm³/mol. The Morgan fingerprint density at radius 2 is 1.83 bits per heavy atom. The van der Waals surface area contributed by atoms with Gasteiger partial charge < -0.3 is 29.0 Å². The molecule has 0 atom stereocenters. The third kappa shape index (κ3) is 1.81. The highest BCUT2D eigenvalue weighted by Gasteiger charge is 2.16. The summed E-state index contributed by atoms with van der Waals surface area (Å²) in [6.45, 7) is 7.57. The fourth-order valence-corrected chi connectivity index (χ4v) is 2.77. The van der Waals surface area contributed by atoms with Gasteiger partial charge in [-0.05, 0) is 13.0 Å². The second-order valence-electron chi connectivity index (χ2n) is 4.57. The number of benzene rings is 1. The Labute approximate surface area is 124 Å². The van der Waals surface area contributed by atoms with Crippen LogP contribution in [0.4, 0.5) is 0 Å². The van der Waals surface area contributed by atoms with Gasteiger partial charge in [-0.15, -0.1) is 0 Å². The Morgan fingerprint density at radius 1 is 1.11 bits per heavy atom. The number of nitrogens with zero attached hydrogens (tertiary/aromatic N) is 1. The number of hydrogen-bond donors (Lipinski definition) is 1. The summed E-state index contributed by atoms with van der Waals surface area (Å²) in [5, 5.41) is 2.65. The summed E-state index contributed by atoms with van der Waals surface area (Å²) in [5.41, 5.74) is 5.12. The Balaban J connectivity index is 0.00000120. The lowest BCUT2D eigenvalue weighted by molar-refractivity contribution is -0.703. The van der Waals surface area contributed by atoms with Crippen LogP contribution in [0.1, 0.15) is 18.3 Å². The predicted octanol–water partition coefficient (Wildman–Crippen LogP) is 0.249. The van der Waals surface area contributed by atoms with Crippen molar-refractivity contribution >= 4 is 21.8 Å². The van der Waals surface area contributed by atoms with Crippen molar-refractivity contribution in [2.24, 2.45) is 0 Å². The molecule has 3 aromatic rings. The maximum absolute atomic E-state index is 3.53. The summed E-state index contributed by atoms with van der Waals surface area (Å²) in [4.78, 5) is 3.53. The summed E-state index contributed by atoms with van der Waals surface area (Å²) in [6.07, 6.45) is 0. The first kappa shape index (κ1) is 13.3. The second-order valence-corrected chi connectivity index (χ2v) is 4.57. The van der Waals surface area contributed by atoms with Gasteiger partial charge in [-0.3, -0.25) is 0 Å². The third-order valence-electron chi connectivity index (χ3n) is 3.61. The van der Waals surface area contributed by atoms with Gasteiger partial charge in [0, 0.05) is 36.2 Å². The van der Waals surface area contributed by atoms with Crippen molar-refractivity contribution in [3.8, 4) is 0 Å². The largest absolute Gasteiger partial charge is 1.00 e. The molecule has 0 bridgehead atoms. The Bertz CT molecular complexity index is 713. The van der Waals surface area contributed by atoms with E-state index in [0.29, 0.717) is 0 Å². The van der Waals surface area contributed by atoms with Gasteiger partial charge in [0.1, 0.15) is 12.1 Å². The molecule has 3 rings (SSSR count). The molecule has 2 nitrogen and oxygen atoms in total. The number of para-hydroxylation sites is 1. The molecule has 0 aliphatic carbocycles. The SMILES string of the molecule is CC[n+]1c(C)cc2c([nH]c3ccccc32)c1C.[I-]. The van der Waals surface area contributed by atoms with E-state index in [9.17, 15) is 0 Å². The number of aromatic nitrogens is 2. The molecule has 0 aliphatic heterocycles. The van der Waals surface area contributed by atoms with Crippen LogP contribution in [0.2, 0.25) is 0 Å². The van der Waals surface area contributed by atoms with Crippen LogP contribution in [0.25, 0.3) is 21.8 Å². The average molecular weight is 352 g/mol. The Morgan fingerprint density at radius 3 is 2.56 bits per heavy atom. The molecule has 1 N–H and O–H groups in total. The number of halogens is 1. The lowest BCUT2D eigenvalue weighted by Crippen LogP contribution is -3.00. The molecule has 1 aromatic carbocycles. The number of rotatable bonds is 1. The van der Waals surface area contributed by atoms with Gasteiger partial charge in [-0.2, -0.15) is 4.57 Å². The highest BCUT2D eigenvalue weighted by molar-refractivity contribution is 6.07. The molecule has 0 aliphatic rings. The van der Waals surface area contributed by atoms with Crippen LogP contribution >= 0.6 is 0 Å². The number of aromatic amines is 1. The van der Waals surface area contributed by atoms with E-state index < -0.39 is 0 Å². The van der Waals surface area contributed by atoms with Gasteiger partial charge in [0.05, 0.1) is 0 Å². The van der Waals surface area contributed by atoms with Crippen LogP contribution in [0, 0.1) is 13.8 Å². The second kappa shape index (κ2) is 4.88. The molecule has 0 saturated heterocycles. The molecular formula is C15H17IN2. The van der Waals surface area contributed by atoms with Crippen LogP contribution < -0.4 is 28.5 Å². The number of fused-ring (bicyclic) bond motifs is 3. The van der Waals surface area contributed by atoms with E-state index in [-0.39, 0.29) is 24.0 Å². The van der Waals surface area contributed by atoms with E-state index >= 15 is 0 Å². The quantitative estimate of drug-likeness (QED) is 0.479. The van der Waals surface area contributed by atoms with Gasteiger partial charge in [0.25, 0.3) is 0 Å². The van der Waals surface area contributed by atoms with Crippen molar-refractivity contribution in [3.05, 3.63) is 41.7 Å². The number of hydrogen-bond acceptors (Lipinski definition) is 0. The Kier molecular flexibility index (Phi) is 3.61. The zero-order valence-electron chi connectivity index (χ0n) is 10.9. The van der Waals surface area contributed by atoms with Crippen LogP contribution in [-0.4, -0.2) is 4.98 Å². The van der Waals surface area contributed by atoms with Gasteiger partial charge in [-0.25, -0.2) is 0 Å². The van der Waals surface area contributed by atoms with Crippen LogP contribution in [-0.2, 0) is 6.54 Å². The topological polar surface area (TPSA) is 19.7 Å². The lowest BCUT2D eigenvalue weighted by atomic mass is 10.1. The summed E-state index contributed by atoms with van der Waals surface area (Å²) in [6, 6.07) is 10.8. The summed E-state index contributed by atoms with van der Waals surface area (Å²) in [7, 11) is 0. The summed E-state index contributed by atoms with van der Waals surface area (Å²) < 4.78 is 2.34. The first-order chi connectivity index (χ1) is 8.22. The van der Waals surface area contributed by atoms with Crippen molar-refractivity contribution in [3.63, 3.8) is 0 Å². The molecule has 0 fully saturated rings. The fourth-order valence-electron chi connectivity index (χ4n) is 2.77. The highest BCUT2D eigenvalue weighted by Crippen LogP contribution is 2.26. The molecular weight excluding hydrogens is 335 g/mol. The zero-order chi connectivity index (χ0) is 12.0. The minimum absolute atomic E-state index is 0. The Hall–Kier alpha value is -1.10. The molecule has 0 saturated carbocycles. The molecule has 3 heteroatoms. The van der Waals surface area contributed by atoms with Crippen LogP contribution in [0.15, 0.2) is 30.3 Å². The van der Waals surface area contributed by atoms with Crippen LogP contribution in [0.3, 0.4) is 0 Å². The fraction of sp³-hybridized carbons (Fsp3) is 0.267. The van der Waals surface area contributed by atoms with Crippen molar-refractivity contribution < 1.29 is 28.5 Å². The van der Waals surface area contributed by atoms with Gasteiger partial charge in [0.2, 0.25) is 5.69 Å². The molecule has 0 radical (unpaired) electrons. The van der Waals surface area contributed by atoms with Crippen LogP contribution in [0.5, 0.6) is 0 Å². The number of nitrogens with one attached hydrogen (secondary N) is 1. The maximum atomic E-state index is 3.53. The monoisotopic (exact) mass is 352 g/mol. The van der Waals surface area contributed by atoms with Gasteiger partial charge >= 0.3 is 0 Å². The van der Waals surface area contributed by atoms with E-state index in [1.165, 1.54) is 33.2 Å². The molecule has 94 valence electrons. The standard InChI is InChI=1S/C15H16N2.HI/c1-4-17-10(2)9-13-12-7-5-6-8-14(12)16-15(13)11(17)3;/h5-9H,4H2,1-3H3;1H. The van der Waals surface area contributed by atoms with E-state index in [0.717, 1.165) is 6.54 Å². The normalized spacial score (nSPS) is 10.8. The molecule has 2 heterocycles. The molecule has 18 heavy (non-hydrogen) atoms. The number of aryl methyl sites for hydroxylation is 2. The van der Waals surface area contributed by atoms with E-state index in [4.69, 9.17) is 0 Å². The first-order valence-electron chi connectivity index (χ1n) is 6.13. The minimum atomic E-state index is 0. The number of H-pyrrole nitrogens is 1. The van der Waals surface area contributed by atoms with E-state index in [1.807, 2.05) is 0 Å². The smallest absolute Gasteiger partial charge is 0.202 e. The van der Waals surface area contributed by atoms with Crippen molar-refractivity contribution in [2.75, 3.05) is 0 Å². The van der Waals surface area contributed by atoms with Crippen molar-refractivity contribution in [1.82, 2.24) is 4.98 Å². The average Bonchev–Trinajstić information content (AvgIpc) is 2.69. The first-order valence-corrected chi connectivity index (χ1v) is 6.13. The lowest BCUT2D eigenvalue weighted by Gasteiger charge is -2.02. The zero-order valence-corrected chi connectivity index (χ0v) is 13.1. The van der Waals surface area contributed by atoms with Gasteiger partial charge in [-0.1, -0.05) is 18.2 Å². The van der Waals surface area contributed by atoms with Crippen molar-refractivity contribution in [1.29, 1.82) is 0 Å². The van der Waals surface area contributed by atoms with Gasteiger partial charge in [0.15, 0.2) is 5.69 Å². The highest BCUT2D eigenvalue weighted by atomic mass is 127. The van der Waals surface area contributed by atoms with Crippen molar-refractivity contribution in [2.45, 2.75) is 27.3 Å². The molecule has 0 spiro atoms. The third-order valence-corrected chi connectivity index (χ3v) is 3.61.